The lowest BCUT2D eigenvalue weighted by molar-refractivity contribution is 0.0927. The molecule has 7 heteroatoms. The van der Waals surface area contributed by atoms with Crippen molar-refractivity contribution in [2.45, 2.75) is 38.1 Å². The fourth-order valence-electron chi connectivity index (χ4n) is 4.32. The minimum atomic E-state index is -0.0118. The van der Waals surface area contributed by atoms with Gasteiger partial charge in [0.15, 0.2) is 5.65 Å². The molecule has 7 nitrogen and oxygen atoms in total. The highest BCUT2D eigenvalue weighted by Crippen LogP contribution is 2.28. The largest absolute Gasteiger partial charge is 0.497 e. The molecule has 0 bridgehead atoms. The van der Waals surface area contributed by atoms with Crippen LogP contribution in [0.4, 0.5) is 11.6 Å². The minimum absolute atomic E-state index is 0.0118. The molecule has 5 rings (SSSR count). The molecular weight excluding hydrogens is 414 g/mol. The number of aromatic nitrogens is 3. The zero-order valence-electron chi connectivity index (χ0n) is 18.6. The average Bonchev–Trinajstić information content (AvgIpc) is 3.27. The van der Waals surface area contributed by atoms with Crippen LogP contribution < -0.4 is 15.4 Å². The van der Waals surface area contributed by atoms with Gasteiger partial charge in [-0.15, -0.1) is 5.10 Å². The minimum Gasteiger partial charge on any atom is -0.497 e. The summed E-state index contributed by atoms with van der Waals surface area (Å²) in [5.41, 5.74) is 4.20. The zero-order valence-corrected chi connectivity index (χ0v) is 18.6. The first-order valence-electron chi connectivity index (χ1n) is 11.4. The number of benzene rings is 2. The molecule has 0 spiro atoms. The lowest BCUT2D eigenvalue weighted by Gasteiger charge is -2.22. The van der Waals surface area contributed by atoms with Crippen LogP contribution in [0, 0.1) is 0 Å². The van der Waals surface area contributed by atoms with Crippen LogP contribution in [0.5, 0.6) is 5.75 Å². The van der Waals surface area contributed by atoms with E-state index in [0.717, 1.165) is 41.1 Å². The fourth-order valence-corrected chi connectivity index (χ4v) is 4.32. The van der Waals surface area contributed by atoms with E-state index in [0.29, 0.717) is 17.6 Å². The highest BCUT2D eigenvalue weighted by atomic mass is 16.5. The highest BCUT2D eigenvalue weighted by molar-refractivity contribution is 5.94. The van der Waals surface area contributed by atoms with Crippen LogP contribution >= 0.6 is 0 Å². The van der Waals surface area contributed by atoms with Crippen LogP contribution in [0.1, 0.15) is 42.5 Å². The first kappa shape index (κ1) is 21.0. The van der Waals surface area contributed by atoms with Crippen molar-refractivity contribution in [3.05, 3.63) is 72.4 Å². The Morgan fingerprint density at radius 1 is 1.03 bits per heavy atom. The number of carbonyl (C=O) groups is 1. The number of hydrogen-bond donors (Lipinski definition) is 2. The molecule has 0 unspecified atom stereocenters. The van der Waals surface area contributed by atoms with E-state index in [4.69, 9.17) is 9.72 Å². The molecule has 2 aromatic carbocycles. The summed E-state index contributed by atoms with van der Waals surface area (Å²) in [5.74, 6) is 1.27. The predicted molar refractivity (Wildman–Crippen MR) is 129 cm³/mol. The van der Waals surface area contributed by atoms with E-state index in [9.17, 15) is 4.79 Å². The molecule has 4 aromatic rings. The summed E-state index contributed by atoms with van der Waals surface area (Å²) in [5, 5.41) is 11.0. The van der Waals surface area contributed by atoms with Gasteiger partial charge in [-0.05, 0) is 66.9 Å². The van der Waals surface area contributed by atoms with Gasteiger partial charge in [0, 0.05) is 29.1 Å². The lowest BCUT2D eigenvalue weighted by Crippen LogP contribution is -2.36. The first-order chi connectivity index (χ1) is 16.2. The molecule has 1 aliphatic carbocycles. The van der Waals surface area contributed by atoms with Crippen LogP contribution in [0.15, 0.2) is 66.9 Å². The Bertz CT molecular complexity index is 1260. The second-order valence-corrected chi connectivity index (χ2v) is 8.37. The molecule has 0 saturated heterocycles. The molecule has 2 heterocycles. The van der Waals surface area contributed by atoms with Crippen LogP contribution in [-0.4, -0.2) is 33.7 Å². The number of nitrogens with one attached hydrogen (secondary N) is 2. The molecule has 1 fully saturated rings. The monoisotopic (exact) mass is 441 g/mol. The van der Waals surface area contributed by atoms with Gasteiger partial charge in [0.05, 0.1) is 7.11 Å². The standard InChI is InChI=1S/C26H27N5O2/c1-33-22-10-5-7-19(17-22)23-11-6-16-31-24(23)29-26(30-31)28-21-14-12-18(13-15-21)25(32)27-20-8-3-2-4-9-20/h5-7,10-17,20H,2-4,8-9H2,1H3,(H,27,32)(H,28,30). The topological polar surface area (TPSA) is 80.5 Å². The van der Waals surface area contributed by atoms with Gasteiger partial charge in [-0.3, -0.25) is 4.79 Å². The van der Waals surface area contributed by atoms with Gasteiger partial charge in [0.25, 0.3) is 5.91 Å². The fraction of sp³-hybridized carbons (Fsp3) is 0.269. The van der Waals surface area contributed by atoms with Gasteiger partial charge >= 0.3 is 0 Å². The van der Waals surface area contributed by atoms with E-state index in [2.05, 4.69) is 15.7 Å². The molecule has 0 atom stereocenters. The SMILES string of the molecule is COc1cccc(-c2cccn3nc(Nc4ccc(C(=O)NC5CCCCC5)cc4)nc23)c1. The summed E-state index contributed by atoms with van der Waals surface area (Å²) in [6, 6.07) is 19.6. The van der Waals surface area contributed by atoms with Crippen LogP contribution in [0.25, 0.3) is 16.8 Å². The number of methoxy groups -OCH3 is 1. The number of ether oxygens (including phenoxy) is 1. The highest BCUT2D eigenvalue weighted by Gasteiger charge is 2.17. The average molecular weight is 442 g/mol. The summed E-state index contributed by atoms with van der Waals surface area (Å²) in [6.07, 6.45) is 7.67. The molecule has 1 amide bonds. The molecule has 168 valence electrons. The summed E-state index contributed by atoms with van der Waals surface area (Å²) >= 11 is 0. The van der Waals surface area contributed by atoms with E-state index in [1.54, 1.807) is 11.6 Å². The van der Waals surface area contributed by atoms with Gasteiger partial charge < -0.3 is 15.4 Å². The van der Waals surface area contributed by atoms with Crippen molar-refractivity contribution in [3.8, 4) is 16.9 Å². The van der Waals surface area contributed by atoms with Crippen LogP contribution in [-0.2, 0) is 0 Å². The third-order valence-corrected chi connectivity index (χ3v) is 6.09. The maximum atomic E-state index is 12.5. The molecule has 33 heavy (non-hydrogen) atoms. The third kappa shape index (κ3) is 4.67. The van der Waals surface area contributed by atoms with Crippen molar-refractivity contribution < 1.29 is 9.53 Å². The molecule has 1 saturated carbocycles. The van der Waals surface area contributed by atoms with Crippen molar-refractivity contribution in [2.24, 2.45) is 0 Å². The maximum absolute atomic E-state index is 12.5. The number of anilines is 2. The molecule has 0 aliphatic heterocycles. The number of pyridine rings is 1. The second-order valence-electron chi connectivity index (χ2n) is 8.37. The zero-order chi connectivity index (χ0) is 22.6. The number of rotatable bonds is 6. The molecule has 2 aromatic heterocycles. The van der Waals surface area contributed by atoms with Crippen molar-refractivity contribution in [3.63, 3.8) is 0 Å². The van der Waals surface area contributed by atoms with Crippen molar-refractivity contribution in [2.75, 3.05) is 12.4 Å². The van der Waals surface area contributed by atoms with Gasteiger partial charge in [-0.25, -0.2) is 4.52 Å². The Kier molecular flexibility index (Phi) is 5.93. The molecular formula is C26H27N5O2. The Balaban J connectivity index is 1.32. The summed E-state index contributed by atoms with van der Waals surface area (Å²) in [4.78, 5) is 17.2. The maximum Gasteiger partial charge on any atom is 0.251 e. The van der Waals surface area contributed by atoms with Gasteiger partial charge in [0.2, 0.25) is 5.95 Å². The summed E-state index contributed by atoms with van der Waals surface area (Å²) in [7, 11) is 1.66. The summed E-state index contributed by atoms with van der Waals surface area (Å²) < 4.78 is 7.11. The van der Waals surface area contributed by atoms with E-state index >= 15 is 0 Å². The lowest BCUT2D eigenvalue weighted by atomic mass is 9.95. The summed E-state index contributed by atoms with van der Waals surface area (Å²) in [6.45, 7) is 0. The molecule has 2 N–H and O–H groups in total. The van der Waals surface area contributed by atoms with Gasteiger partial charge in [-0.2, -0.15) is 4.98 Å². The number of nitrogens with zero attached hydrogens (tertiary/aromatic N) is 3. The number of hydrogen-bond acceptors (Lipinski definition) is 5. The van der Waals surface area contributed by atoms with Gasteiger partial charge in [-0.1, -0.05) is 31.4 Å². The number of carbonyl (C=O) groups excluding carboxylic acids is 1. The van der Waals surface area contributed by atoms with Crippen LogP contribution in [0.3, 0.4) is 0 Å². The Labute approximate surface area is 192 Å². The Morgan fingerprint density at radius 3 is 2.64 bits per heavy atom. The van der Waals surface area contributed by atoms with Crippen LogP contribution in [0.2, 0.25) is 0 Å². The normalized spacial score (nSPS) is 14.2. The first-order valence-corrected chi connectivity index (χ1v) is 11.4. The quantitative estimate of drug-likeness (QED) is 0.429. The Hall–Kier alpha value is -3.87. The second kappa shape index (κ2) is 9.32. The van der Waals surface area contributed by atoms with E-state index in [1.165, 1.54) is 19.3 Å². The third-order valence-electron chi connectivity index (χ3n) is 6.09. The van der Waals surface area contributed by atoms with Crippen molar-refractivity contribution >= 4 is 23.2 Å². The van der Waals surface area contributed by atoms with E-state index in [-0.39, 0.29) is 5.91 Å². The number of amides is 1. The molecule has 1 aliphatic rings. The van der Waals surface area contributed by atoms with Crippen molar-refractivity contribution in [1.82, 2.24) is 19.9 Å². The van der Waals surface area contributed by atoms with Gasteiger partial charge in [0.1, 0.15) is 5.75 Å². The molecule has 0 radical (unpaired) electrons. The van der Waals surface area contributed by atoms with E-state index < -0.39 is 0 Å². The van der Waals surface area contributed by atoms with Crippen molar-refractivity contribution in [1.29, 1.82) is 0 Å². The Morgan fingerprint density at radius 2 is 1.85 bits per heavy atom. The predicted octanol–water partition coefficient (Wildman–Crippen LogP) is 5.21. The van der Waals surface area contributed by atoms with E-state index in [1.807, 2.05) is 66.9 Å². The smallest absolute Gasteiger partial charge is 0.251 e. The number of fused-ring (bicyclic) bond motifs is 1.